The highest BCUT2D eigenvalue weighted by atomic mass is 35.5. The second-order valence-electron chi connectivity index (χ2n) is 5.22. The van der Waals surface area contributed by atoms with Crippen molar-refractivity contribution in [2.75, 3.05) is 7.11 Å². The van der Waals surface area contributed by atoms with Crippen LogP contribution >= 0.6 is 11.6 Å². The zero-order valence-corrected chi connectivity index (χ0v) is 11.6. The van der Waals surface area contributed by atoms with E-state index in [1.807, 2.05) is 6.08 Å². The molecular weight excluding hydrogens is 264 g/mol. The van der Waals surface area contributed by atoms with Crippen molar-refractivity contribution < 1.29 is 14.6 Å². The van der Waals surface area contributed by atoms with E-state index in [-0.39, 0.29) is 11.4 Å². The molecule has 0 amide bonds. The van der Waals surface area contributed by atoms with E-state index in [4.69, 9.17) is 21.1 Å². The Morgan fingerprint density at radius 2 is 2.00 bits per heavy atom. The van der Waals surface area contributed by atoms with Crippen LogP contribution in [-0.2, 0) is 5.11 Å². The third-order valence-corrected chi connectivity index (χ3v) is 4.20. The lowest BCUT2D eigenvalue weighted by Crippen LogP contribution is -2.38. The molecule has 2 aliphatic rings. The minimum atomic E-state index is -0.332. The van der Waals surface area contributed by atoms with E-state index in [1.165, 1.54) is 25.7 Å². The zero-order chi connectivity index (χ0) is 13.5. The van der Waals surface area contributed by atoms with Gasteiger partial charge in [0.15, 0.2) is 5.75 Å². The van der Waals surface area contributed by atoms with Gasteiger partial charge in [0.05, 0.1) is 17.7 Å². The summed E-state index contributed by atoms with van der Waals surface area (Å²) in [5.74, 6) is 0.918. The quantitative estimate of drug-likeness (QED) is 0.758. The van der Waals surface area contributed by atoms with E-state index < -0.39 is 0 Å². The molecule has 0 aromatic heterocycles. The minimum absolute atomic E-state index is 0.118. The Balaban J connectivity index is 2.08. The molecule has 0 N–H and O–H groups in total. The molecule has 101 valence electrons. The highest BCUT2D eigenvalue weighted by molar-refractivity contribution is 6.49. The van der Waals surface area contributed by atoms with Gasteiger partial charge in [0, 0.05) is 12.1 Å². The molecule has 0 bridgehead atoms. The number of ether oxygens (including phenoxy) is 2. The van der Waals surface area contributed by atoms with Crippen LogP contribution in [0.4, 0.5) is 0 Å². The standard InChI is InChI=1S/C15H16ClO3/c1-18-12-7-10(17)8-13-14(12)11(16)9-15(19-13)5-3-2-4-6-15/h7-9H,2-6H2,1H3. The van der Waals surface area contributed by atoms with Crippen molar-refractivity contribution in [2.24, 2.45) is 0 Å². The number of rotatable bonds is 1. The maximum atomic E-state index is 11.7. The molecular formula is C15H16ClO3. The van der Waals surface area contributed by atoms with Crippen LogP contribution in [0.15, 0.2) is 18.2 Å². The molecule has 4 heteroatoms. The molecule has 0 atom stereocenters. The van der Waals surface area contributed by atoms with Gasteiger partial charge in [-0.15, -0.1) is 0 Å². The summed E-state index contributed by atoms with van der Waals surface area (Å²) >= 11 is 6.41. The minimum Gasteiger partial charge on any atom is -0.496 e. The Kier molecular flexibility index (Phi) is 3.09. The molecule has 1 saturated carbocycles. The fraction of sp³-hybridized carbons (Fsp3) is 0.467. The van der Waals surface area contributed by atoms with Gasteiger partial charge in [-0.3, -0.25) is 5.11 Å². The van der Waals surface area contributed by atoms with Crippen molar-refractivity contribution >= 4 is 16.6 Å². The Hall–Kier alpha value is -1.35. The molecule has 3 rings (SSSR count). The average molecular weight is 280 g/mol. The van der Waals surface area contributed by atoms with Gasteiger partial charge in [0.25, 0.3) is 0 Å². The predicted octanol–water partition coefficient (Wildman–Crippen LogP) is 4.51. The van der Waals surface area contributed by atoms with Crippen molar-refractivity contribution in [2.45, 2.75) is 37.7 Å². The molecule has 1 fully saturated rings. The topological polar surface area (TPSA) is 38.4 Å². The van der Waals surface area contributed by atoms with Gasteiger partial charge in [-0.1, -0.05) is 18.0 Å². The highest BCUT2D eigenvalue weighted by Crippen LogP contribution is 2.48. The molecule has 1 heterocycles. The number of benzene rings is 1. The Morgan fingerprint density at radius 1 is 1.26 bits per heavy atom. The summed E-state index contributed by atoms with van der Waals surface area (Å²) in [6.07, 6.45) is 7.38. The maximum Gasteiger partial charge on any atom is 0.186 e. The molecule has 1 radical (unpaired) electrons. The first-order valence-electron chi connectivity index (χ1n) is 6.60. The monoisotopic (exact) mass is 279 g/mol. The SMILES string of the molecule is COc1cc([O])cc2c1C(Cl)=CC1(CCCCC1)O2. The van der Waals surface area contributed by atoms with E-state index >= 15 is 0 Å². The molecule has 19 heavy (non-hydrogen) atoms. The summed E-state index contributed by atoms with van der Waals surface area (Å²) in [7, 11) is 1.53. The fourth-order valence-electron chi connectivity index (χ4n) is 2.99. The molecule has 1 aromatic carbocycles. The van der Waals surface area contributed by atoms with Crippen molar-refractivity contribution in [3.8, 4) is 17.2 Å². The average Bonchev–Trinajstić information content (AvgIpc) is 2.37. The first-order valence-corrected chi connectivity index (χ1v) is 6.98. The molecule has 0 saturated heterocycles. The number of fused-ring (bicyclic) bond motifs is 1. The van der Waals surface area contributed by atoms with Gasteiger partial charge in [-0.25, -0.2) is 0 Å². The second kappa shape index (κ2) is 4.64. The summed E-state index contributed by atoms with van der Waals surface area (Å²) in [6.45, 7) is 0. The molecule has 1 aliphatic heterocycles. The summed E-state index contributed by atoms with van der Waals surface area (Å²) < 4.78 is 11.3. The largest absolute Gasteiger partial charge is 0.496 e. The number of methoxy groups -OCH3 is 1. The van der Waals surface area contributed by atoms with Crippen LogP contribution in [-0.4, -0.2) is 12.7 Å². The van der Waals surface area contributed by atoms with Crippen LogP contribution in [0.25, 0.3) is 5.03 Å². The number of hydrogen-bond acceptors (Lipinski definition) is 2. The van der Waals surface area contributed by atoms with Crippen LogP contribution in [0.2, 0.25) is 0 Å². The maximum absolute atomic E-state index is 11.7. The van der Waals surface area contributed by atoms with Crippen LogP contribution in [0.5, 0.6) is 17.2 Å². The molecule has 0 unspecified atom stereocenters. The van der Waals surface area contributed by atoms with E-state index in [9.17, 15) is 5.11 Å². The van der Waals surface area contributed by atoms with E-state index in [0.717, 1.165) is 25.7 Å². The van der Waals surface area contributed by atoms with Gasteiger partial charge >= 0.3 is 0 Å². The molecule has 1 spiro atoms. The lowest BCUT2D eigenvalue weighted by molar-refractivity contribution is 0.0742. The normalized spacial score (nSPS) is 20.4. The Labute approximate surface area is 117 Å². The zero-order valence-electron chi connectivity index (χ0n) is 10.9. The fourth-order valence-corrected chi connectivity index (χ4v) is 3.38. The van der Waals surface area contributed by atoms with Crippen molar-refractivity contribution in [3.05, 3.63) is 23.8 Å². The van der Waals surface area contributed by atoms with Crippen molar-refractivity contribution in [1.29, 1.82) is 0 Å². The first kappa shape index (κ1) is 12.7. The highest BCUT2D eigenvalue weighted by Gasteiger charge is 2.37. The van der Waals surface area contributed by atoms with Gasteiger partial charge < -0.3 is 9.47 Å². The van der Waals surface area contributed by atoms with E-state index in [2.05, 4.69) is 0 Å². The predicted molar refractivity (Wildman–Crippen MR) is 73.4 cm³/mol. The van der Waals surface area contributed by atoms with Crippen LogP contribution in [0.1, 0.15) is 37.7 Å². The van der Waals surface area contributed by atoms with Crippen molar-refractivity contribution in [3.63, 3.8) is 0 Å². The summed E-state index contributed by atoms with van der Waals surface area (Å²) in [6, 6.07) is 2.95. The molecule has 1 aliphatic carbocycles. The number of halogens is 1. The van der Waals surface area contributed by atoms with Crippen molar-refractivity contribution in [1.82, 2.24) is 0 Å². The van der Waals surface area contributed by atoms with Gasteiger partial charge in [0.1, 0.15) is 17.1 Å². The number of hydrogen-bond donors (Lipinski definition) is 0. The van der Waals surface area contributed by atoms with Gasteiger partial charge in [-0.2, -0.15) is 0 Å². The third kappa shape index (κ3) is 2.16. The third-order valence-electron chi connectivity index (χ3n) is 3.90. The lowest BCUT2D eigenvalue weighted by atomic mass is 9.82. The van der Waals surface area contributed by atoms with Gasteiger partial charge in [0.2, 0.25) is 0 Å². The van der Waals surface area contributed by atoms with Crippen LogP contribution in [0, 0.1) is 0 Å². The van der Waals surface area contributed by atoms with E-state index in [0.29, 0.717) is 22.1 Å². The second-order valence-corrected chi connectivity index (χ2v) is 5.63. The Morgan fingerprint density at radius 3 is 2.68 bits per heavy atom. The molecule has 1 aromatic rings. The Bertz CT molecular complexity index is 530. The summed E-state index contributed by atoms with van der Waals surface area (Å²) in [5.41, 5.74) is 0.362. The van der Waals surface area contributed by atoms with Gasteiger partial charge in [-0.05, 0) is 31.8 Å². The summed E-state index contributed by atoms with van der Waals surface area (Å²) in [5, 5.41) is 12.3. The van der Waals surface area contributed by atoms with Crippen LogP contribution < -0.4 is 9.47 Å². The first-order chi connectivity index (χ1) is 9.13. The van der Waals surface area contributed by atoms with E-state index in [1.54, 1.807) is 0 Å². The summed E-state index contributed by atoms with van der Waals surface area (Å²) in [4.78, 5) is 0. The molecule has 3 nitrogen and oxygen atoms in total. The lowest BCUT2D eigenvalue weighted by Gasteiger charge is -2.39. The van der Waals surface area contributed by atoms with Crippen LogP contribution in [0.3, 0.4) is 0 Å². The smallest absolute Gasteiger partial charge is 0.186 e.